The molecule has 0 amide bonds. The molecule has 3 fully saturated rings. The Morgan fingerprint density at radius 1 is 1.11 bits per heavy atom. The number of rotatable bonds is 0. The molecule has 1 heteroatoms. The molecule has 2 aliphatic carbocycles. The first-order valence-corrected chi connectivity index (χ1v) is 4.07. The molecule has 9 heavy (non-hydrogen) atoms. The van der Waals surface area contributed by atoms with Crippen molar-refractivity contribution in [2.45, 2.75) is 44.3 Å². The number of ether oxygens (including phenoxy) is 1. The van der Waals surface area contributed by atoms with Gasteiger partial charge >= 0.3 is 0 Å². The summed E-state index contributed by atoms with van der Waals surface area (Å²) < 4.78 is 5.65. The van der Waals surface area contributed by atoms with Crippen molar-refractivity contribution in [1.29, 1.82) is 0 Å². The third-order valence-corrected chi connectivity index (χ3v) is 3.59. The van der Waals surface area contributed by atoms with Crippen molar-refractivity contribution in [3.8, 4) is 0 Å². The molecule has 0 radical (unpaired) electrons. The predicted molar refractivity (Wildman–Crippen MR) is 34.2 cm³/mol. The normalized spacial score (nSPS) is 61.3. The van der Waals surface area contributed by atoms with Gasteiger partial charge in [0.25, 0.3) is 0 Å². The molecule has 3 unspecified atom stereocenters. The van der Waals surface area contributed by atoms with E-state index in [-0.39, 0.29) is 0 Å². The summed E-state index contributed by atoms with van der Waals surface area (Å²) in [6, 6.07) is 0. The van der Waals surface area contributed by atoms with Gasteiger partial charge in [-0.15, -0.1) is 0 Å². The second kappa shape index (κ2) is 1.20. The smallest absolute Gasteiger partial charge is 0.0660 e. The van der Waals surface area contributed by atoms with E-state index in [9.17, 15) is 0 Å². The maximum Gasteiger partial charge on any atom is 0.0660 e. The summed E-state index contributed by atoms with van der Waals surface area (Å²) in [5.74, 6) is 0. The van der Waals surface area contributed by atoms with Gasteiger partial charge in [-0.3, -0.25) is 0 Å². The molecule has 3 aliphatic rings. The zero-order valence-electron chi connectivity index (χ0n) is 5.60. The van der Waals surface area contributed by atoms with Gasteiger partial charge in [-0.1, -0.05) is 6.42 Å². The molecule has 50 valence electrons. The molecule has 1 spiro atoms. The van der Waals surface area contributed by atoms with Gasteiger partial charge in [-0.05, 0) is 25.7 Å². The summed E-state index contributed by atoms with van der Waals surface area (Å²) in [6.07, 6.45) is 8.51. The van der Waals surface area contributed by atoms with Crippen LogP contribution in [0.2, 0.25) is 0 Å². The van der Waals surface area contributed by atoms with E-state index in [1.807, 2.05) is 0 Å². The van der Waals surface area contributed by atoms with Crippen molar-refractivity contribution in [2.75, 3.05) is 0 Å². The van der Waals surface area contributed by atoms with Crippen molar-refractivity contribution < 1.29 is 4.74 Å². The first-order valence-electron chi connectivity index (χ1n) is 4.07. The van der Waals surface area contributed by atoms with Crippen molar-refractivity contribution >= 4 is 0 Å². The summed E-state index contributed by atoms with van der Waals surface area (Å²) >= 11 is 0. The Bertz CT molecular complexity index is 155. The monoisotopic (exact) mass is 124 g/mol. The summed E-state index contributed by atoms with van der Waals surface area (Å²) in [5.41, 5.74) is 0.750. The molecule has 3 rings (SSSR count). The second-order valence-corrected chi connectivity index (χ2v) is 3.78. The Morgan fingerprint density at radius 2 is 2.00 bits per heavy atom. The Kier molecular flexibility index (Phi) is 0.628. The quantitative estimate of drug-likeness (QED) is 0.477. The zero-order chi connectivity index (χ0) is 5.90. The maximum atomic E-state index is 5.65. The molecule has 1 saturated heterocycles. The molecular formula is C8H12O. The second-order valence-electron chi connectivity index (χ2n) is 3.78. The number of hydrogen-bond acceptors (Lipinski definition) is 1. The zero-order valence-corrected chi connectivity index (χ0v) is 5.60. The Balaban J connectivity index is 1.95. The molecule has 1 nitrogen and oxygen atoms in total. The van der Waals surface area contributed by atoms with E-state index in [1.54, 1.807) is 0 Å². The van der Waals surface area contributed by atoms with Crippen LogP contribution >= 0.6 is 0 Å². The van der Waals surface area contributed by atoms with E-state index in [0.717, 1.165) is 5.41 Å². The Hall–Kier alpha value is -0.0400. The minimum atomic E-state index is 0.705. The van der Waals surface area contributed by atoms with Gasteiger partial charge in [-0.25, -0.2) is 0 Å². The average Bonchev–Trinajstić information content (AvgIpc) is 2.23. The van der Waals surface area contributed by atoms with E-state index < -0.39 is 0 Å². The molecular weight excluding hydrogens is 112 g/mol. The first kappa shape index (κ1) is 4.73. The summed E-state index contributed by atoms with van der Waals surface area (Å²) in [6.45, 7) is 0. The van der Waals surface area contributed by atoms with Gasteiger partial charge in [0.15, 0.2) is 0 Å². The van der Waals surface area contributed by atoms with Crippen molar-refractivity contribution in [2.24, 2.45) is 5.41 Å². The lowest BCUT2D eigenvalue weighted by atomic mass is 9.59. The van der Waals surface area contributed by atoms with Gasteiger partial charge in [0.2, 0.25) is 0 Å². The van der Waals surface area contributed by atoms with Crippen LogP contribution in [0.15, 0.2) is 0 Å². The standard InChI is InChI=1S/C8H12O/c1-2-6-8(4-1)5-3-7(8)9-6/h6-7H,1-5H2. The van der Waals surface area contributed by atoms with Crippen LogP contribution in [0.4, 0.5) is 0 Å². The predicted octanol–water partition coefficient (Wildman–Crippen LogP) is 1.72. The van der Waals surface area contributed by atoms with Gasteiger partial charge < -0.3 is 4.74 Å². The van der Waals surface area contributed by atoms with Crippen LogP contribution in [-0.2, 0) is 4.74 Å². The highest BCUT2D eigenvalue weighted by atomic mass is 16.5. The fourth-order valence-corrected chi connectivity index (χ4v) is 2.89. The largest absolute Gasteiger partial charge is 0.374 e. The topological polar surface area (TPSA) is 9.23 Å². The van der Waals surface area contributed by atoms with Gasteiger partial charge in [0.1, 0.15) is 0 Å². The highest BCUT2D eigenvalue weighted by molar-refractivity contribution is 5.12. The fraction of sp³-hybridized carbons (Fsp3) is 1.00. The Morgan fingerprint density at radius 3 is 2.44 bits per heavy atom. The van der Waals surface area contributed by atoms with Crippen LogP contribution in [-0.4, -0.2) is 12.2 Å². The van der Waals surface area contributed by atoms with Crippen molar-refractivity contribution in [3.05, 3.63) is 0 Å². The molecule has 0 aromatic carbocycles. The summed E-state index contributed by atoms with van der Waals surface area (Å²) in [7, 11) is 0. The number of hydrogen-bond donors (Lipinski definition) is 0. The molecule has 1 heterocycles. The van der Waals surface area contributed by atoms with Crippen LogP contribution in [0.5, 0.6) is 0 Å². The van der Waals surface area contributed by atoms with Gasteiger partial charge in [0.05, 0.1) is 12.2 Å². The molecule has 0 aromatic heterocycles. The lowest BCUT2D eigenvalue weighted by molar-refractivity contribution is -0.289. The molecule has 1 aliphatic heterocycles. The van der Waals surface area contributed by atoms with E-state index in [4.69, 9.17) is 4.74 Å². The third-order valence-electron chi connectivity index (χ3n) is 3.59. The lowest BCUT2D eigenvalue weighted by Crippen LogP contribution is -2.63. The third kappa shape index (κ3) is 0.337. The van der Waals surface area contributed by atoms with Crippen molar-refractivity contribution in [3.63, 3.8) is 0 Å². The van der Waals surface area contributed by atoms with E-state index >= 15 is 0 Å². The first-order chi connectivity index (χ1) is 4.42. The molecule has 2 saturated carbocycles. The molecule has 0 bridgehead atoms. The average molecular weight is 124 g/mol. The summed E-state index contributed by atoms with van der Waals surface area (Å²) in [4.78, 5) is 0. The van der Waals surface area contributed by atoms with E-state index in [0.29, 0.717) is 12.2 Å². The molecule has 3 atom stereocenters. The van der Waals surface area contributed by atoms with Gasteiger partial charge in [-0.2, -0.15) is 0 Å². The molecule has 0 aromatic rings. The minimum Gasteiger partial charge on any atom is -0.374 e. The summed E-state index contributed by atoms with van der Waals surface area (Å²) in [5, 5.41) is 0. The molecule has 0 N–H and O–H groups in total. The van der Waals surface area contributed by atoms with Gasteiger partial charge in [0, 0.05) is 5.41 Å². The highest BCUT2D eigenvalue weighted by Crippen LogP contribution is 2.63. The van der Waals surface area contributed by atoms with Crippen LogP contribution in [0.3, 0.4) is 0 Å². The van der Waals surface area contributed by atoms with E-state index in [2.05, 4.69) is 0 Å². The maximum absolute atomic E-state index is 5.65. The van der Waals surface area contributed by atoms with Crippen LogP contribution < -0.4 is 0 Å². The van der Waals surface area contributed by atoms with E-state index in [1.165, 1.54) is 32.1 Å². The Labute approximate surface area is 55.4 Å². The lowest BCUT2D eigenvalue weighted by Gasteiger charge is -2.60. The van der Waals surface area contributed by atoms with Crippen LogP contribution in [0.25, 0.3) is 0 Å². The highest BCUT2D eigenvalue weighted by Gasteiger charge is 2.63. The SMILES string of the molecule is C1CC2OC3CCC23C1. The van der Waals surface area contributed by atoms with Crippen LogP contribution in [0, 0.1) is 5.41 Å². The van der Waals surface area contributed by atoms with Crippen molar-refractivity contribution in [1.82, 2.24) is 0 Å². The van der Waals surface area contributed by atoms with Crippen LogP contribution in [0.1, 0.15) is 32.1 Å². The minimum absolute atomic E-state index is 0.705. The fourth-order valence-electron chi connectivity index (χ4n) is 2.89.